The molecule has 0 spiro atoms. The van der Waals surface area contributed by atoms with Crippen LogP contribution in [0.15, 0.2) is 16.9 Å². The molecule has 0 fully saturated rings. The molecule has 0 unspecified atom stereocenters. The van der Waals surface area contributed by atoms with Crippen molar-refractivity contribution in [3.05, 3.63) is 28.3 Å². The first kappa shape index (κ1) is 16.3. The summed E-state index contributed by atoms with van der Waals surface area (Å²) < 4.78 is 21.2. The fourth-order valence-electron chi connectivity index (χ4n) is 1.96. The Labute approximate surface area is 128 Å². The van der Waals surface area contributed by atoms with E-state index in [1.165, 1.54) is 0 Å². The van der Waals surface area contributed by atoms with Crippen LogP contribution in [0.5, 0.6) is 11.5 Å². The minimum Gasteiger partial charge on any atom is -0.487 e. The van der Waals surface area contributed by atoms with Crippen LogP contribution in [-0.2, 0) is 9.47 Å². The van der Waals surface area contributed by atoms with Crippen molar-refractivity contribution in [3.63, 3.8) is 0 Å². The smallest absolute Gasteiger partial charge is 0.258 e. The molecule has 0 saturated carbocycles. The summed E-state index contributed by atoms with van der Waals surface area (Å²) in [5.74, 6) is 1.56. The molecule has 0 aliphatic heterocycles. The van der Waals surface area contributed by atoms with E-state index in [0.717, 1.165) is 0 Å². The van der Waals surface area contributed by atoms with Crippen LogP contribution < -0.4 is 15.0 Å². The van der Waals surface area contributed by atoms with Gasteiger partial charge in [-0.1, -0.05) is 0 Å². The van der Waals surface area contributed by atoms with E-state index >= 15 is 0 Å². The number of methoxy groups -OCH3 is 2. The molecule has 0 saturated heterocycles. The second kappa shape index (κ2) is 7.77. The predicted octanol–water partition coefficient (Wildman–Crippen LogP) is 1.28. The van der Waals surface area contributed by atoms with E-state index in [2.05, 4.69) is 9.97 Å². The third-order valence-corrected chi connectivity index (χ3v) is 2.98. The van der Waals surface area contributed by atoms with Crippen molar-refractivity contribution in [3.8, 4) is 11.5 Å². The summed E-state index contributed by atoms with van der Waals surface area (Å²) in [7, 11) is 3.20. The summed E-state index contributed by atoms with van der Waals surface area (Å²) >= 11 is 0. The number of aromatic nitrogens is 2. The van der Waals surface area contributed by atoms with Crippen molar-refractivity contribution < 1.29 is 18.9 Å². The van der Waals surface area contributed by atoms with Gasteiger partial charge >= 0.3 is 0 Å². The highest BCUT2D eigenvalue weighted by atomic mass is 16.5. The highest BCUT2D eigenvalue weighted by Gasteiger charge is 2.11. The maximum Gasteiger partial charge on any atom is 0.258 e. The minimum atomic E-state index is -0.206. The average Bonchev–Trinajstić information content (AvgIpc) is 2.48. The van der Waals surface area contributed by atoms with Crippen molar-refractivity contribution in [1.29, 1.82) is 0 Å². The minimum absolute atomic E-state index is 0.206. The first-order valence-electron chi connectivity index (χ1n) is 6.94. The van der Waals surface area contributed by atoms with Crippen LogP contribution in [0, 0.1) is 6.92 Å². The van der Waals surface area contributed by atoms with E-state index in [0.29, 0.717) is 54.7 Å². The maximum atomic E-state index is 12.0. The standard InChI is InChI=1S/C15H20N2O5/c1-10-16-12-9-14(22-7-5-20-3)13(21-6-4-19-2)8-11(12)15(18)17-10/h8-9H,4-7H2,1-3H3,(H,16,17,18). The molecule has 7 nitrogen and oxygen atoms in total. The van der Waals surface area contributed by atoms with Crippen LogP contribution in [0.3, 0.4) is 0 Å². The van der Waals surface area contributed by atoms with E-state index in [9.17, 15) is 4.79 Å². The molecule has 120 valence electrons. The molecule has 7 heteroatoms. The number of rotatable bonds is 8. The Morgan fingerprint density at radius 3 is 2.18 bits per heavy atom. The lowest BCUT2D eigenvalue weighted by molar-refractivity contribution is 0.132. The van der Waals surface area contributed by atoms with Gasteiger partial charge in [-0.05, 0) is 13.0 Å². The zero-order chi connectivity index (χ0) is 15.9. The summed E-state index contributed by atoms with van der Waals surface area (Å²) in [6.45, 7) is 3.37. The number of H-pyrrole nitrogens is 1. The molecule has 0 radical (unpaired) electrons. The number of aryl methyl sites for hydroxylation is 1. The molecule has 1 heterocycles. The fourth-order valence-corrected chi connectivity index (χ4v) is 1.96. The van der Waals surface area contributed by atoms with Gasteiger partial charge in [0.1, 0.15) is 19.0 Å². The van der Waals surface area contributed by atoms with Gasteiger partial charge in [-0.25, -0.2) is 4.98 Å². The van der Waals surface area contributed by atoms with Gasteiger partial charge in [0.15, 0.2) is 11.5 Å². The third-order valence-electron chi connectivity index (χ3n) is 2.98. The number of hydrogen-bond donors (Lipinski definition) is 1. The van der Waals surface area contributed by atoms with Crippen LogP contribution in [0.2, 0.25) is 0 Å². The zero-order valence-corrected chi connectivity index (χ0v) is 13.0. The first-order chi connectivity index (χ1) is 10.7. The van der Waals surface area contributed by atoms with Gasteiger partial charge in [-0.15, -0.1) is 0 Å². The molecule has 1 aromatic heterocycles. The Balaban J connectivity index is 2.38. The van der Waals surface area contributed by atoms with Crippen molar-refractivity contribution in [2.45, 2.75) is 6.92 Å². The molecular weight excluding hydrogens is 288 g/mol. The van der Waals surface area contributed by atoms with Gasteiger partial charge in [0.05, 0.1) is 24.1 Å². The Hall–Kier alpha value is -2.12. The van der Waals surface area contributed by atoms with Crippen molar-refractivity contribution in [2.24, 2.45) is 0 Å². The number of ether oxygens (including phenoxy) is 4. The monoisotopic (exact) mass is 308 g/mol. The summed E-state index contributed by atoms with van der Waals surface area (Å²) in [6, 6.07) is 3.34. The third kappa shape index (κ3) is 3.96. The quantitative estimate of drug-likeness (QED) is 0.740. The molecule has 0 aliphatic rings. The van der Waals surface area contributed by atoms with Gasteiger partial charge in [-0.2, -0.15) is 0 Å². The number of benzene rings is 1. The average molecular weight is 308 g/mol. The Morgan fingerprint density at radius 2 is 1.59 bits per heavy atom. The largest absolute Gasteiger partial charge is 0.487 e. The van der Waals surface area contributed by atoms with Gasteiger partial charge < -0.3 is 23.9 Å². The number of nitrogens with zero attached hydrogens (tertiary/aromatic N) is 1. The second-order valence-electron chi connectivity index (χ2n) is 4.65. The Kier molecular flexibility index (Phi) is 5.74. The number of aromatic amines is 1. The summed E-state index contributed by atoms with van der Waals surface area (Å²) in [5, 5.41) is 0.456. The van der Waals surface area contributed by atoms with E-state index in [1.54, 1.807) is 33.3 Å². The lowest BCUT2D eigenvalue weighted by Gasteiger charge is -2.13. The molecule has 1 aromatic carbocycles. The maximum absolute atomic E-state index is 12.0. The Bertz CT molecular complexity index is 683. The molecule has 22 heavy (non-hydrogen) atoms. The number of nitrogens with one attached hydrogen (secondary N) is 1. The van der Waals surface area contributed by atoms with Crippen molar-refractivity contribution >= 4 is 10.9 Å². The van der Waals surface area contributed by atoms with Crippen LogP contribution in [-0.4, -0.2) is 50.6 Å². The molecular formula is C15H20N2O5. The topological polar surface area (TPSA) is 82.7 Å². The van der Waals surface area contributed by atoms with Gasteiger partial charge in [0, 0.05) is 20.3 Å². The zero-order valence-electron chi connectivity index (χ0n) is 13.0. The predicted molar refractivity (Wildman–Crippen MR) is 81.8 cm³/mol. The lowest BCUT2D eigenvalue weighted by atomic mass is 10.2. The normalized spacial score (nSPS) is 10.9. The molecule has 1 N–H and O–H groups in total. The van der Waals surface area contributed by atoms with E-state index < -0.39 is 0 Å². The van der Waals surface area contributed by atoms with Crippen molar-refractivity contribution in [1.82, 2.24) is 9.97 Å². The van der Waals surface area contributed by atoms with Crippen LogP contribution in [0.1, 0.15) is 5.82 Å². The number of fused-ring (bicyclic) bond motifs is 1. The molecule has 2 rings (SSSR count). The highest BCUT2D eigenvalue weighted by molar-refractivity contribution is 5.81. The number of hydrogen-bond acceptors (Lipinski definition) is 6. The SMILES string of the molecule is COCCOc1cc2nc(C)[nH]c(=O)c2cc1OCCOC. The summed E-state index contributed by atoms with van der Waals surface area (Å²) in [4.78, 5) is 19.0. The van der Waals surface area contributed by atoms with E-state index in [-0.39, 0.29) is 5.56 Å². The highest BCUT2D eigenvalue weighted by Crippen LogP contribution is 2.30. The van der Waals surface area contributed by atoms with Crippen LogP contribution in [0.4, 0.5) is 0 Å². The summed E-state index contributed by atoms with van der Waals surface area (Å²) in [6.07, 6.45) is 0. The fraction of sp³-hybridized carbons (Fsp3) is 0.467. The first-order valence-corrected chi connectivity index (χ1v) is 6.94. The molecule has 2 aromatic rings. The van der Waals surface area contributed by atoms with E-state index in [4.69, 9.17) is 18.9 Å². The van der Waals surface area contributed by atoms with Gasteiger partial charge in [-0.3, -0.25) is 4.79 Å². The van der Waals surface area contributed by atoms with Gasteiger partial charge in [0.2, 0.25) is 0 Å². The molecule has 0 amide bonds. The van der Waals surface area contributed by atoms with E-state index in [1.807, 2.05) is 0 Å². The van der Waals surface area contributed by atoms with Crippen LogP contribution >= 0.6 is 0 Å². The Morgan fingerprint density at radius 1 is 1.00 bits per heavy atom. The van der Waals surface area contributed by atoms with Crippen LogP contribution in [0.25, 0.3) is 10.9 Å². The molecule has 0 atom stereocenters. The molecule has 0 aliphatic carbocycles. The second-order valence-corrected chi connectivity index (χ2v) is 4.65. The molecule has 0 bridgehead atoms. The lowest BCUT2D eigenvalue weighted by Crippen LogP contribution is -2.12. The van der Waals surface area contributed by atoms with Crippen molar-refractivity contribution in [2.75, 3.05) is 40.6 Å². The van der Waals surface area contributed by atoms with Gasteiger partial charge in [0.25, 0.3) is 5.56 Å². The summed E-state index contributed by atoms with van der Waals surface area (Å²) in [5.41, 5.74) is 0.357.